The largest absolute Gasteiger partial charge is 0.481 e. The number of carboxylic acid groups (broad SMARTS) is 1. The fourth-order valence-corrected chi connectivity index (χ4v) is 6.41. The average Bonchev–Trinajstić information content (AvgIpc) is 3.52. The van der Waals surface area contributed by atoms with Gasteiger partial charge in [-0.3, -0.25) is 9.59 Å². The Morgan fingerprint density at radius 3 is 2.57 bits per heavy atom. The second-order valence-corrected chi connectivity index (χ2v) is 11.3. The van der Waals surface area contributed by atoms with E-state index in [1.54, 1.807) is 11.3 Å². The van der Waals surface area contributed by atoms with Crippen molar-refractivity contribution in [2.24, 2.45) is 5.92 Å². The first-order valence-corrected chi connectivity index (χ1v) is 14.5. The van der Waals surface area contributed by atoms with E-state index in [4.69, 9.17) is 4.98 Å². The molecule has 1 aliphatic carbocycles. The summed E-state index contributed by atoms with van der Waals surface area (Å²) in [7, 11) is 0. The number of benzene rings is 1. The summed E-state index contributed by atoms with van der Waals surface area (Å²) in [5.41, 5.74) is 2.27. The molecular formula is C29H39N3O4S. The van der Waals surface area contributed by atoms with E-state index in [2.05, 4.69) is 41.2 Å². The van der Waals surface area contributed by atoms with E-state index >= 15 is 0 Å². The van der Waals surface area contributed by atoms with Crippen LogP contribution in [0, 0.1) is 5.92 Å². The minimum Gasteiger partial charge on any atom is -0.481 e. The summed E-state index contributed by atoms with van der Waals surface area (Å²) in [6, 6.07) is 9.50. The van der Waals surface area contributed by atoms with Gasteiger partial charge in [0.25, 0.3) is 5.91 Å². The number of carboxylic acids is 1. The van der Waals surface area contributed by atoms with Gasteiger partial charge in [-0.1, -0.05) is 52.0 Å². The molecule has 3 N–H and O–H groups in total. The van der Waals surface area contributed by atoms with Crippen LogP contribution in [0.5, 0.6) is 0 Å². The van der Waals surface area contributed by atoms with Crippen molar-refractivity contribution in [1.82, 2.24) is 14.9 Å². The SMILES string of the molecule is CCC(CC)n1c(Cc2cccs2)nc2cc(C(=O)N[C@@H](CC3CCCCC3)[C@@H](O)CC(=O)O)ccc21. The Morgan fingerprint density at radius 2 is 1.92 bits per heavy atom. The van der Waals surface area contributed by atoms with Crippen LogP contribution in [-0.4, -0.2) is 43.8 Å². The van der Waals surface area contributed by atoms with Crippen molar-refractivity contribution >= 4 is 34.2 Å². The zero-order valence-corrected chi connectivity index (χ0v) is 22.7. The number of aliphatic carboxylic acids is 1. The van der Waals surface area contributed by atoms with Crippen molar-refractivity contribution in [3.05, 3.63) is 52.0 Å². The van der Waals surface area contributed by atoms with Gasteiger partial charge in [-0.05, 0) is 54.8 Å². The number of nitrogens with one attached hydrogen (secondary N) is 1. The molecule has 1 saturated carbocycles. The Morgan fingerprint density at radius 1 is 1.16 bits per heavy atom. The third-order valence-corrected chi connectivity index (χ3v) is 8.60. The molecule has 0 unspecified atom stereocenters. The third-order valence-electron chi connectivity index (χ3n) is 7.72. The Kier molecular flexibility index (Phi) is 9.38. The van der Waals surface area contributed by atoms with E-state index in [1.165, 1.54) is 11.3 Å². The number of carbonyl (C=O) groups excluding carboxylic acids is 1. The number of hydrogen-bond acceptors (Lipinski definition) is 5. The van der Waals surface area contributed by atoms with Crippen LogP contribution in [0.25, 0.3) is 11.0 Å². The lowest BCUT2D eigenvalue weighted by Crippen LogP contribution is -2.45. The smallest absolute Gasteiger partial charge is 0.306 e. The number of amides is 1. The van der Waals surface area contributed by atoms with Crippen molar-refractivity contribution < 1.29 is 19.8 Å². The van der Waals surface area contributed by atoms with Gasteiger partial charge in [-0.2, -0.15) is 0 Å². The number of imidazole rings is 1. The van der Waals surface area contributed by atoms with Crippen molar-refractivity contribution in [3.8, 4) is 0 Å². The van der Waals surface area contributed by atoms with Gasteiger partial charge in [0.1, 0.15) is 5.82 Å². The molecule has 8 heteroatoms. The molecule has 200 valence electrons. The highest BCUT2D eigenvalue weighted by molar-refractivity contribution is 7.09. The summed E-state index contributed by atoms with van der Waals surface area (Å²) in [4.78, 5) is 30.8. The highest BCUT2D eigenvalue weighted by Crippen LogP contribution is 2.30. The standard InChI is InChI=1S/C29H39N3O4S/c1-3-21(4-2)32-25-13-12-20(16-23(25)30-27(32)17-22-11-8-14-37-22)29(36)31-24(26(33)18-28(34)35)15-19-9-6-5-7-10-19/h8,11-14,16,19,21,24,26,33H,3-7,9-10,15,17-18H2,1-2H3,(H,31,36)(H,34,35)/t24-,26-/m0/s1. The van der Waals surface area contributed by atoms with Gasteiger partial charge in [0.05, 0.1) is 29.6 Å². The molecule has 1 fully saturated rings. The normalized spacial score (nSPS) is 16.2. The predicted octanol–water partition coefficient (Wildman–Crippen LogP) is 5.95. The molecule has 7 nitrogen and oxygen atoms in total. The van der Waals surface area contributed by atoms with E-state index in [9.17, 15) is 19.8 Å². The molecule has 2 heterocycles. The minimum atomic E-state index is -1.13. The van der Waals surface area contributed by atoms with Crippen molar-refractivity contribution in [2.75, 3.05) is 0 Å². The van der Waals surface area contributed by atoms with E-state index in [0.717, 1.165) is 61.8 Å². The third kappa shape index (κ3) is 6.79. The van der Waals surface area contributed by atoms with Gasteiger partial charge in [0.2, 0.25) is 0 Å². The van der Waals surface area contributed by atoms with Crippen molar-refractivity contribution in [2.45, 2.75) is 96.2 Å². The van der Waals surface area contributed by atoms with Crippen LogP contribution in [0.3, 0.4) is 0 Å². The van der Waals surface area contributed by atoms with Crippen LogP contribution in [0.15, 0.2) is 35.7 Å². The quantitative estimate of drug-likeness (QED) is 0.271. The molecule has 1 aromatic carbocycles. The van der Waals surface area contributed by atoms with Crippen molar-refractivity contribution in [1.29, 1.82) is 0 Å². The lowest BCUT2D eigenvalue weighted by Gasteiger charge is -2.29. The molecule has 0 aliphatic heterocycles. The Hall–Kier alpha value is -2.71. The number of nitrogens with zero attached hydrogens (tertiary/aromatic N) is 2. The maximum atomic E-state index is 13.3. The molecule has 4 rings (SSSR count). The number of aromatic nitrogens is 2. The number of fused-ring (bicyclic) bond motifs is 1. The van der Waals surface area contributed by atoms with E-state index in [0.29, 0.717) is 23.9 Å². The lowest BCUT2D eigenvalue weighted by atomic mass is 9.83. The zero-order valence-electron chi connectivity index (χ0n) is 21.9. The zero-order chi connectivity index (χ0) is 26.4. The first-order chi connectivity index (χ1) is 17.9. The Labute approximate surface area is 222 Å². The summed E-state index contributed by atoms with van der Waals surface area (Å²) >= 11 is 1.72. The van der Waals surface area contributed by atoms with Crippen LogP contribution in [0.4, 0.5) is 0 Å². The number of thiophene rings is 1. The summed E-state index contributed by atoms with van der Waals surface area (Å²) in [5.74, 6) is 0.0160. The van der Waals surface area contributed by atoms with E-state index in [1.807, 2.05) is 18.2 Å². The monoisotopic (exact) mass is 525 g/mol. The number of rotatable bonds is 12. The maximum absolute atomic E-state index is 13.3. The van der Waals surface area contributed by atoms with Gasteiger partial charge in [-0.25, -0.2) is 4.98 Å². The first kappa shape index (κ1) is 27.3. The van der Waals surface area contributed by atoms with E-state index in [-0.39, 0.29) is 12.3 Å². The summed E-state index contributed by atoms with van der Waals surface area (Å²) < 4.78 is 2.32. The molecule has 0 bridgehead atoms. The van der Waals surface area contributed by atoms with E-state index < -0.39 is 18.1 Å². The minimum absolute atomic E-state index is 0.302. The number of aliphatic hydroxyl groups is 1. The average molecular weight is 526 g/mol. The van der Waals surface area contributed by atoms with Crippen molar-refractivity contribution in [3.63, 3.8) is 0 Å². The van der Waals surface area contributed by atoms with Crippen LogP contribution < -0.4 is 5.32 Å². The molecule has 0 spiro atoms. The fraction of sp³-hybridized carbons (Fsp3) is 0.552. The Bertz CT molecular complexity index is 1180. The highest BCUT2D eigenvalue weighted by atomic mass is 32.1. The maximum Gasteiger partial charge on any atom is 0.306 e. The van der Waals surface area contributed by atoms with Crippen LogP contribution >= 0.6 is 11.3 Å². The van der Waals surface area contributed by atoms with Crippen LogP contribution in [0.1, 0.15) is 98.7 Å². The van der Waals surface area contributed by atoms with Gasteiger partial charge in [-0.15, -0.1) is 11.3 Å². The predicted molar refractivity (Wildman–Crippen MR) is 147 cm³/mol. The molecule has 2 atom stereocenters. The summed E-state index contributed by atoms with van der Waals surface area (Å²) in [6.45, 7) is 4.37. The van der Waals surface area contributed by atoms with Gasteiger partial charge >= 0.3 is 5.97 Å². The molecule has 1 amide bonds. The topological polar surface area (TPSA) is 104 Å². The Balaban J connectivity index is 1.59. The summed E-state index contributed by atoms with van der Waals surface area (Å²) in [6.07, 6.45) is 7.42. The summed E-state index contributed by atoms with van der Waals surface area (Å²) in [5, 5.41) is 24.9. The van der Waals surface area contributed by atoms with Gasteiger partial charge in [0, 0.05) is 22.9 Å². The van der Waals surface area contributed by atoms with Gasteiger partial charge in [0.15, 0.2) is 0 Å². The second kappa shape index (κ2) is 12.7. The molecule has 0 radical (unpaired) electrons. The number of aliphatic hydroxyl groups excluding tert-OH is 1. The number of hydrogen-bond donors (Lipinski definition) is 3. The molecule has 2 aromatic heterocycles. The molecule has 0 saturated heterocycles. The highest BCUT2D eigenvalue weighted by Gasteiger charge is 2.28. The molecule has 37 heavy (non-hydrogen) atoms. The lowest BCUT2D eigenvalue weighted by molar-refractivity contribution is -0.139. The van der Waals surface area contributed by atoms with Crippen LogP contribution in [-0.2, 0) is 11.2 Å². The number of carbonyl (C=O) groups is 2. The first-order valence-electron chi connectivity index (χ1n) is 13.6. The molecule has 1 aliphatic rings. The molecule has 3 aromatic rings. The van der Waals surface area contributed by atoms with Crippen LogP contribution in [0.2, 0.25) is 0 Å². The molecular weight excluding hydrogens is 486 g/mol. The van der Waals surface area contributed by atoms with Gasteiger partial charge < -0.3 is 20.1 Å². The fourth-order valence-electron chi connectivity index (χ4n) is 5.71. The second-order valence-electron chi connectivity index (χ2n) is 10.3.